The first-order valence-corrected chi connectivity index (χ1v) is 4.63. The van der Waals surface area contributed by atoms with Crippen LogP contribution in [0.15, 0.2) is 0 Å². The average Bonchev–Trinajstić information content (AvgIpc) is 2.76. The molecule has 0 N–H and O–H groups in total. The number of rotatable bonds is 1. The van der Waals surface area contributed by atoms with Gasteiger partial charge >= 0.3 is 0 Å². The van der Waals surface area contributed by atoms with Crippen molar-refractivity contribution in [1.29, 1.82) is 0 Å². The van der Waals surface area contributed by atoms with Crippen molar-refractivity contribution >= 4 is 0 Å². The van der Waals surface area contributed by atoms with Gasteiger partial charge in [0.15, 0.2) is 0 Å². The Hall–Kier alpha value is -0.150. The van der Waals surface area contributed by atoms with Gasteiger partial charge in [0.2, 0.25) is 0 Å². The summed E-state index contributed by atoms with van der Waals surface area (Å²) in [4.78, 5) is 0. The molecule has 3 heteroatoms. The molecular weight excluding hydrogens is 159 g/mol. The molecule has 0 amide bonds. The molecule has 3 aliphatic rings. The van der Waals surface area contributed by atoms with Gasteiger partial charge in [-0.2, -0.15) is 0 Å². The van der Waals surface area contributed by atoms with Gasteiger partial charge in [-0.3, -0.25) is 4.39 Å². The van der Waals surface area contributed by atoms with Crippen LogP contribution in [-0.4, -0.2) is 32.1 Å². The summed E-state index contributed by atoms with van der Waals surface area (Å²) in [6, 6.07) is 0. The minimum Gasteiger partial charge on any atom is -0.380 e. The van der Waals surface area contributed by atoms with Crippen LogP contribution in [0.4, 0.5) is 4.39 Å². The second-order valence-electron chi connectivity index (χ2n) is 4.36. The first-order chi connectivity index (χ1) is 5.84. The van der Waals surface area contributed by atoms with E-state index >= 15 is 0 Å². The fourth-order valence-corrected chi connectivity index (χ4v) is 2.61. The van der Waals surface area contributed by atoms with Crippen LogP contribution < -0.4 is 0 Å². The number of ether oxygens (including phenoxy) is 2. The Morgan fingerprint density at radius 2 is 2.17 bits per heavy atom. The lowest BCUT2D eigenvalue weighted by Gasteiger charge is -2.47. The zero-order valence-corrected chi connectivity index (χ0v) is 6.96. The van der Waals surface area contributed by atoms with E-state index < -0.39 is 0 Å². The predicted molar refractivity (Wildman–Crippen MR) is 40.6 cm³/mol. The highest BCUT2D eigenvalue weighted by Gasteiger charge is 2.58. The van der Waals surface area contributed by atoms with Gasteiger partial charge in [-0.25, -0.2) is 0 Å². The van der Waals surface area contributed by atoms with E-state index in [1.807, 2.05) is 0 Å². The van der Waals surface area contributed by atoms with E-state index in [4.69, 9.17) is 9.47 Å². The summed E-state index contributed by atoms with van der Waals surface area (Å²) in [5, 5.41) is 0. The van der Waals surface area contributed by atoms with E-state index in [1.165, 1.54) is 0 Å². The Morgan fingerprint density at radius 3 is 2.75 bits per heavy atom. The number of hydrogen-bond donors (Lipinski definition) is 0. The lowest BCUT2D eigenvalue weighted by atomic mass is 9.65. The predicted octanol–water partition coefficient (Wildman–Crippen LogP) is 1.15. The van der Waals surface area contributed by atoms with E-state index in [0.29, 0.717) is 12.2 Å². The van der Waals surface area contributed by atoms with Gasteiger partial charge < -0.3 is 9.47 Å². The Labute approximate surface area is 71.0 Å². The standard InChI is InChI=1S/C9H13FO2/c10-3-6-1-7-8(12-7)2-9(6)4-11-5-9/h6-8H,1-5H2. The first kappa shape index (κ1) is 7.27. The molecule has 3 fully saturated rings. The number of hydrogen-bond acceptors (Lipinski definition) is 2. The second-order valence-corrected chi connectivity index (χ2v) is 4.36. The van der Waals surface area contributed by atoms with Crippen molar-refractivity contribution in [2.24, 2.45) is 11.3 Å². The number of halogens is 1. The fraction of sp³-hybridized carbons (Fsp3) is 1.00. The van der Waals surface area contributed by atoms with E-state index in [0.717, 1.165) is 26.1 Å². The summed E-state index contributed by atoms with van der Waals surface area (Å²) < 4.78 is 23.3. The van der Waals surface area contributed by atoms with Crippen LogP contribution in [0.5, 0.6) is 0 Å². The first-order valence-electron chi connectivity index (χ1n) is 4.63. The van der Waals surface area contributed by atoms with Crippen molar-refractivity contribution in [3.8, 4) is 0 Å². The summed E-state index contributed by atoms with van der Waals surface area (Å²) in [5.41, 5.74) is 0.159. The Bertz CT molecular complexity index is 203. The maximum absolute atomic E-state index is 12.7. The molecule has 0 bridgehead atoms. The van der Waals surface area contributed by atoms with Crippen LogP contribution in [0.3, 0.4) is 0 Å². The lowest BCUT2D eigenvalue weighted by molar-refractivity contribution is -0.161. The maximum atomic E-state index is 12.7. The molecule has 2 heterocycles. The second kappa shape index (κ2) is 2.20. The van der Waals surface area contributed by atoms with Gasteiger partial charge in [-0.1, -0.05) is 0 Å². The molecule has 1 aliphatic carbocycles. The summed E-state index contributed by atoms with van der Waals surface area (Å²) >= 11 is 0. The SMILES string of the molecule is FCC1CC2OC2CC12COC2. The van der Waals surface area contributed by atoms with Crippen LogP contribution in [0.1, 0.15) is 12.8 Å². The highest BCUT2D eigenvalue weighted by molar-refractivity contribution is 5.05. The van der Waals surface area contributed by atoms with Gasteiger partial charge in [0, 0.05) is 5.41 Å². The summed E-state index contributed by atoms with van der Waals surface area (Å²) in [5.74, 6) is 0.204. The van der Waals surface area contributed by atoms with E-state index in [-0.39, 0.29) is 18.0 Å². The largest absolute Gasteiger partial charge is 0.380 e. The van der Waals surface area contributed by atoms with Gasteiger partial charge in [0.05, 0.1) is 32.1 Å². The zero-order chi connectivity index (χ0) is 8.18. The molecule has 1 saturated carbocycles. The van der Waals surface area contributed by atoms with Crippen LogP contribution in [0.25, 0.3) is 0 Å². The van der Waals surface area contributed by atoms with Gasteiger partial charge in [-0.15, -0.1) is 0 Å². The molecule has 3 unspecified atom stereocenters. The molecule has 68 valence electrons. The Morgan fingerprint density at radius 1 is 1.33 bits per heavy atom. The minimum absolute atomic E-state index is 0.159. The fourth-order valence-electron chi connectivity index (χ4n) is 2.61. The van der Waals surface area contributed by atoms with Crippen LogP contribution in [0.2, 0.25) is 0 Å². The summed E-state index contributed by atoms with van der Waals surface area (Å²) in [7, 11) is 0. The monoisotopic (exact) mass is 172 g/mol. The van der Waals surface area contributed by atoms with Gasteiger partial charge in [0.1, 0.15) is 0 Å². The molecular formula is C9H13FO2. The Kier molecular flexibility index (Phi) is 1.34. The van der Waals surface area contributed by atoms with Crippen LogP contribution in [-0.2, 0) is 9.47 Å². The molecule has 1 spiro atoms. The van der Waals surface area contributed by atoms with Crippen LogP contribution in [0, 0.1) is 11.3 Å². The third kappa shape index (κ3) is 0.811. The zero-order valence-electron chi connectivity index (χ0n) is 6.96. The maximum Gasteiger partial charge on any atom is 0.0930 e. The van der Waals surface area contributed by atoms with Crippen molar-refractivity contribution < 1.29 is 13.9 Å². The number of fused-ring (bicyclic) bond motifs is 1. The molecule has 2 saturated heterocycles. The quantitative estimate of drug-likeness (QED) is 0.553. The van der Waals surface area contributed by atoms with Crippen LogP contribution >= 0.6 is 0 Å². The van der Waals surface area contributed by atoms with Gasteiger partial charge in [0.25, 0.3) is 0 Å². The number of alkyl halides is 1. The molecule has 0 aromatic rings. The third-order valence-electron chi connectivity index (χ3n) is 3.64. The smallest absolute Gasteiger partial charge is 0.0930 e. The Balaban J connectivity index is 1.79. The lowest BCUT2D eigenvalue weighted by Crippen LogP contribution is -2.52. The average molecular weight is 172 g/mol. The third-order valence-corrected chi connectivity index (χ3v) is 3.64. The molecule has 3 rings (SSSR count). The van der Waals surface area contributed by atoms with Crippen molar-refractivity contribution in [3.05, 3.63) is 0 Å². The van der Waals surface area contributed by atoms with E-state index in [2.05, 4.69) is 0 Å². The molecule has 0 aromatic heterocycles. The molecule has 0 radical (unpaired) electrons. The normalized spacial score (nSPS) is 48.2. The van der Waals surface area contributed by atoms with Crippen molar-refractivity contribution in [3.63, 3.8) is 0 Å². The van der Waals surface area contributed by atoms with Crippen molar-refractivity contribution in [2.45, 2.75) is 25.0 Å². The molecule has 12 heavy (non-hydrogen) atoms. The molecule has 0 aromatic carbocycles. The topological polar surface area (TPSA) is 21.8 Å². The van der Waals surface area contributed by atoms with Crippen molar-refractivity contribution in [2.75, 3.05) is 19.9 Å². The van der Waals surface area contributed by atoms with E-state index in [9.17, 15) is 4.39 Å². The molecule has 2 aliphatic heterocycles. The number of epoxide rings is 1. The minimum atomic E-state index is -0.198. The van der Waals surface area contributed by atoms with Gasteiger partial charge in [-0.05, 0) is 18.8 Å². The van der Waals surface area contributed by atoms with E-state index in [1.54, 1.807) is 0 Å². The summed E-state index contributed by atoms with van der Waals surface area (Å²) in [6.07, 6.45) is 2.78. The summed E-state index contributed by atoms with van der Waals surface area (Å²) in [6.45, 7) is 1.32. The van der Waals surface area contributed by atoms with Crippen molar-refractivity contribution in [1.82, 2.24) is 0 Å². The molecule has 3 atom stereocenters. The molecule has 2 nitrogen and oxygen atoms in total. The highest BCUT2D eigenvalue weighted by Crippen LogP contribution is 2.53. The highest BCUT2D eigenvalue weighted by atomic mass is 19.1.